The van der Waals surface area contributed by atoms with Gasteiger partial charge in [-0.15, -0.1) is 0 Å². The van der Waals surface area contributed by atoms with E-state index in [1.54, 1.807) is 14.2 Å². The highest BCUT2D eigenvalue weighted by Gasteiger charge is 2.05. The molecule has 0 atom stereocenters. The average Bonchev–Trinajstić information content (AvgIpc) is 2.28. The molecule has 0 saturated heterocycles. The molecule has 4 heteroatoms. The molecule has 16 heavy (non-hydrogen) atoms. The van der Waals surface area contributed by atoms with Gasteiger partial charge in [0.1, 0.15) is 0 Å². The second-order valence-electron chi connectivity index (χ2n) is 3.44. The number of ether oxygens (including phenoxy) is 2. The average molecular weight is 224 g/mol. The lowest BCUT2D eigenvalue weighted by molar-refractivity contribution is -0.137. The van der Waals surface area contributed by atoms with Gasteiger partial charge in [0.15, 0.2) is 11.5 Å². The van der Waals surface area contributed by atoms with Crippen LogP contribution in [0.1, 0.15) is 18.4 Å². The van der Waals surface area contributed by atoms with Crippen molar-refractivity contribution in [3.63, 3.8) is 0 Å². The molecular formula is C12H16O4. The number of carboxylic acids is 1. The van der Waals surface area contributed by atoms with Gasteiger partial charge in [-0.25, -0.2) is 0 Å². The Balaban J connectivity index is 2.64. The van der Waals surface area contributed by atoms with Gasteiger partial charge in [-0.05, 0) is 30.5 Å². The van der Waals surface area contributed by atoms with E-state index < -0.39 is 5.97 Å². The molecule has 0 spiro atoms. The summed E-state index contributed by atoms with van der Waals surface area (Å²) in [5.74, 6) is 0.597. The zero-order valence-electron chi connectivity index (χ0n) is 9.53. The Hall–Kier alpha value is -1.71. The maximum Gasteiger partial charge on any atom is 0.303 e. The van der Waals surface area contributed by atoms with Gasteiger partial charge in [0.25, 0.3) is 0 Å². The van der Waals surface area contributed by atoms with Crippen LogP contribution < -0.4 is 9.47 Å². The van der Waals surface area contributed by atoms with E-state index in [1.165, 1.54) is 0 Å². The van der Waals surface area contributed by atoms with Crippen molar-refractivity contribution in [3.05, 3.63) is 23.8 Å². The number of carbonyl (C=O) groups is 1. The summed E-state index contributed by atoms with van der Waals surface area (Å²) in [5.41, 5.74) is 1.05. The molecule has 0 unspecified atom stereocenters. The van der Waals surface area contributed by atoms with Crippen molar-refractivity contribution in [1.82, 2.24) is 0 Å². The van der Waals surface area contributed by atoms with Crippen molar-refractivity contribution in [1.29, 1.82) is 0 Å². The third-order valence-electron chi connectivity index (χ3n) is 2.30. The highest BCUT2D eigenvalue weighted by atomic mass is 16.5. The molecule has 0 heterocycles. The van der Waals surface area contributed by atoms with Crippen LogP contribution in [0, 0.1) is 0 Å². The minimum atomic E-state index is -0.763. The van der Waals surface area contributed by atoms with Crippen molar-refractivity contribution in [2.45, 2.75) is 19.3 Å². The first-order chi connectivity index (χ1) is 7.67. The van der Waals surface area contributed by atoms with Gasteiger partial charge in [-0.1, -0.05) is 6.07 Å². The van der Waals surface area contributed by atoms with E-state index in [2.05, 4.69) is 0 Å². The van der Waals surface area contributed by atoms with Crippen LogP contribution in [-0.2, 0) is 11.2 Å². The van der Waals surface area contributed by atoms with Gasteiger partial charge in [0, 0.05) is 6.42 Å². The Morgan fingerprint density at radius 2 is 1.94 bits per heavy atom. The fourth-order valence-electron chi connectivity index (χ4n) is 1.48. The Kier molecular flexibility index (Phi) is 4.64. The molecule has 0 fully saturated rings. The van der Waals surface area contributed by atoms with Gasteiger partial charge in [0.2, 0.25) is 0 Å². The number of hydrogen-bond acceptors (Lipinski definition) is 3. The Labute approximate surface area is 94.8 Å². The Morgan fingerprint density at radius 3 is 2.50 bits per heavy atom. The molecule has 0 aliphatic rings. The minimum Gasteiger partial charge on any atom is -0.493 e. The zero-order valence-corrected chi connectivity index (χ0v) is 9.53. The largest absolute Gasteiger partial charge is 0.493 e. The van der Waals surface area contributed by atoms with Crippen LogP contribution in [0.2, 0.25) is 0 Å². The summed E-state index contributed by atoms with van der Waals surface area (Å²) < 4.78 is 10.3. The summed E-state index contributed by atoms with van der Waals surface area (Å²) in [7, 11) is 3.17. The maximum atomic E-state index is 10.4. The molecule has 1 N–H and O–H groups in total. The highest BCUT2D eigenvalue weighted by molar-refractivity contribution is 5.66. The summed E-state index contributed by atoms with van der Waals surface area (Å²) in [5, 5.41) is 8.53. The van der Waals surface area contributed by atoms with E-state index in [0.717, 1.165) is 12.0 Å². The van der Waals surface area contributed by atoms with Crippen LogP contribution >= 0.6 is 0 Å². The van der Waals surface area contributed by atoms with E-state index >= 15 is 0 Å². The topological polar surface area (TPSA) is 55.8 Å². The van der Waals surface area contributed by atoms with Crippen LogP contribution in [-0.4, -0.2) is 25.3 Å². The predicted molar refractivity (Wildman–Crippen MR) is 60.1 cm³/mol. The van der Waals surface area contributed by atoms with Crippen LogP contribution in [0.3, 0.4) is 0 Å². The fraction of sp³-hybridized carbons (Fsp3) is 0.417. The smallest absolute Gasteiger partial charge is 0.303 e. The molecule has 4 nitrogen and oxygen atoms in total. The second-order valence-corrected chi connectivity index (χ2v) is 3.44. The van der Waals surface area contributed by atoms with Crippen molar-refractivity contribution in [3.8, 4) is 11.5 Å². The summed E-state index contributed by atoms with van der Waals surface area (Å²) in [6.45, 7) is 0. The zero-order chi connectivity index (χ0) is 12.0. The van der Waals surface area contributed by atoms with Crippen molar-refractivity contribution < 1.29 is 19.4 Å². The first kappa shape index (κ1) is 12.4. The monoisotopic (exact) mass is 224 g/mol. The maximum absolute atomic E-state index is 10.4. The summed E-state index contributed by atoms with van der Waals surface area (Å²) in [4.78, 5) is 10.4. The summed E-state index contributed by atoms with van der Waals surface area (Å²) >= 11 is 0. The molecule has 1 rings (SSSR count). The SMILES string of the molecule is COc1ccc(CCCC(=O)O)cc1OC. The Bertz CT molecular complexity index is 360. The van der Waals surface area contributed by atoms with Crippen LogP contribution in [0.15, 0.2) is 18.2 Å². The van der Waals surface area contributed by atoms with Gasteiger partial charge >= 0.3 is 5.97 Å². The number of benzene rings is 1. The number of methoxy groups -OCH3 is 2. The normalized spacial score (nSPS) is 9.88. The lowest BCUT2D eigenvalue weighted by atomic mass is 10.1. The number of rotatable bonds is 6. The first-order valence-corrected chi connectivity index (χ1v) is 5.10. The fourth-order valence-corrected chi connectivity index (χ4v) is 1.48. The lowest BCUT2D eigenvalue weighted by Gasteiger charge is -2.09. The molecule has 0 radical (unpaired) electrons. The number of aliphatic carboxylic acids is 1. The number of aryl methyl sites for hydroxylation is 1. The molecule has 0 aliphatic heterocycles. The van der Waals surface area contributed by atoms with E-state index in [9.17, 15) is 4.79 Å². The molecule has 0 aliphatic carbocycles. The van der Waals surface area contributed by atoms with Crippen LogP contribution in [0.5, 0.6) is 11.5 Å². The lowest BCUT2D eigenvalue weighted by Crippen LogP contribution is -1.97. The van der Waals surface area contributed by atoms with E-state index in [-0.39, 0.29) is 6.42 Å². The molecular weight excluding hydrogens is 208 g/mol. The number of carboxylic acid groups (broad SMARTS) is 1. The molecule has 0 saturated carbocycles. The molecule has 1 aromatic carbocycles. The minimum absolute atomic E-state index is 0.189. The third-order valence-corrected chi connectivity index (χ3v) is 2.30. The van der Waals surface area contributed by atoms with Crippen molar-refractivity contribution in [2.75, 3.05) is 14.2 Å². The standard InChI is InChI=1S/C12H16O4/c1-15-10-7-6-9(8-11(10)16-2)4-3-5-12(13)14/h6-8H,3-5H2,1-2H3,(H,13,14). The predicted octanol–water partition coefficient (Wildman–Crippen LogP) is 2.11. The van der Waals surface area contributed by atoms with Gasteiger partial charge in [0.05, 0.1) is 14.2 Å². The molecule has 0 aromatic heterocycles. The summed E-state index contributed by atoms with van der Waals surface area (Å²) in [6, 6.07) is 5.62. The van der Waals surface area contributed by atoms with E-state index in [0.29, 0.717) is 17.9 Å². The van der Waals surface area contributed by atoms with Crippen molar-refractivity contribution in [2.24, 2.45) is 0 Å². The Morgan fingerprint density at radius 1 is 1.25 bits per heavy atom. The second kappa shape index (κ2) is 6.00. The molecule has 1 aromatic rings. The van der Waals surface area contributed by atoms with Crippen LogP contribution in [0.25, 0.3) is 0 Å². The number of hydrogen-bond donors (Lipinski definition) is 1. The molecule has 0 amide bonds. The quantitative estimate of drug-likeness (QED) is 0.804. The van der Waals surface area contributed by atoms with Crippen molar-refractivity contribution >= 4 is 5.97 Å². The molecule has 88 valence electrons. The third kappa shape index (κ3) is 3.46. The van der Waals surface area contributed by atoms with Gasteiger partial charge in [-0.2, -0.15) is 0 Å². The summed E-state index contributed by atoms with van der Waals surface area (Å²) in [6.07, 6.45) is 1.55. The first-order valence-electron chi connectivity index (χ1n) is 5.10. The van der Waals surface area contributed by atoms with E-state index in [1.807, 2.05) is 18.2 Å². The van der Waals surface area contributed by atoms with E-state index in [4.69, 9.17) is 14.6 Å². The highest BCUT2D eigenvalue weighted by Crippen LogP contribution is 2.27. The van der Waals surface area contributed by atoms with Gasteiger partial charge in [-0.3, -0.25) is 4.79 Å². The van der Waals surface area contributed by atoms with Gasteiger partial charge < -0.3 is 14.6 Å². The van der Waals surface area contributed by atoms with Crippen LogP contribution in [0.4, 0.5) is 0 Å². The molecule has 0 bridgehead atoms.